The van der Waals surface area contributed by atoms with Gasteiger partial charge in [-0.3, -0.25) is 4.90 Å². The molecule has 0 bridgehead atoms. The van der Waals surface area contributed by atoms with Crippen molar-refractivity contribution in [2.45, 2.75) is 39.7 Å². The zero-order valence-corrected chi connectivity index (χ0v) is 13.6. The molecule has 0 atom stereocenters. The van der Waals surface area contributed by atoms with Crippen molar-refractivity contribution >= 4 is 0 Å². The molecule has 0 aromatic heterocycles. The van der Waals surface area contributed by atoms with Crippen LogP contribution < -0.4 is 9.47 Å². The van der Waals surface area contributed by atoms with Crippen molar-refractivity contribution in [1.82, 2.24) is 4.90 Å². The van der Waals surface area contributed by atoms with Crippen LogP contribution in [0.2, 0.25) is 0 Å². The number of hydrogen-bond donors (Lipinski definition) is 1. The zero-order chi connectivity index (χ0) is 15.5. The number of likely N-dealkylation sites (tertiary alicyclic amines) is 1. The third-order valence-corrected chi connectivity index (χ3v) is 4.38. The predicted octanol–water partition coefficient (Wildman–Crippen LogP) is 3.42. The number of benzene rings is 1. The lowest BCUT2D eigenvalue weighted by atomic mass is 9.85. The van der Waals surface area contributed by atoms with Gasteiger partial charge in [0.2, 0.25) is 5.75 Å². The minimum atomic E-state index is 0.0701. The number of hydrogen-bond acceptors (Lipinski definition) is 4. The molecule has 0 spiro atoms. The summed E-state index contributed by atoms with van der Waals surface area (Å²) in [5, 5.41) is 9.97. The molecule has 0 saturated carbocycles. The first-order chi connectivity index (χ1) is 9.95. The van der Waals surface area contributed by atoms with E-state index < -0.39 is 0 Å². The number of nitrogens with zero attached hydrogens (tertiary/aromatic N) is 1. The van der Waals surface area contributed by atoms with Crippen molar-refractivity contribution < 1.29 is 14.6 Å². The summed E-state index contributed by atoms with van der Waals surface area (Å²) in [6.07, 6.45) is 3.74. The summed E-state index contributed by atoms with van der Waals surface area (Å²) >= 11 is 0. The van der Waals surface area contributed by atoms with Crippen LogP contribution in [0, 0.1) is 5.41 Å². The highest BCUT2D eigenvalue weighted by molar-refractivity contribution is 5.52. The Hall–Kier alpha value is -1.42. The van der Waals surface area contributed by atoms with E-state index in [-0.39, 0.29) is 5.75 Å². The maximum atomic E-state index is 9.97. The molecule has 21 heavy (non-hydrogen) atoms. The lowest BCUT2D eigenvalue weighted by Gasteiger charge is -2.23. The van der Waals surface area contributed by atoms with Crippen LogP contribution in [0.15, 0.2) is 12.1 Å². The molecule has 1 aliphatic rings. The van der Waals surface area contributed by atoms with Gasteiger partial charge in [-0.25, -0.2) is 0 Å². The molecule has 4 nitrogen and oxygen atoms in total. The monoisotopic (exact) mass is 293 g/mol. The van der Waals surface area contributed by atoms with Gasteiger partial charge in [0.05, 0.1) is 14.2 Å². The van der Waals surface area contributed by atoms with Gasteiger partial charge in [-0.05, 0) is 55.5 Å². The molecule has 4 heteroatoms. The van der Waals surface area contributed by atoms with Crippen molar-refractivity contribution in [3.8, 4) is 17.2 Å². The first-order valence-corrected chi connectivity index (χ1v) is 7.61. The van der Waals surface area contributed by atoms with Crippen LogP contribution in [0.3, 0.4) is 0 Å². The van der Waals surface area contributed by atoms with E-state index in [1.807, 2.05) is 12.1 Å². The van der Waals surface area contributed by atoms with E-state index in [1.165, 1.54) is 19.3 Å². The molecular weight excluding hydrogens is 266 g/mol. The maximum Gasteiger partial charge on any atom is 0.200 e. The van der Waals surface area contributed by atoms with Crippen LogP contribution in [0.25, 0.3) is 0 Å². The summed E-state index contributed by atoms with van der Waals surface area (Å²) in [6.45, 7) is 7.79. The lowest BCUT2D eigenvalue weighted by molar-refractivity contribution is 0.254. The fraction of sp³-hybridized carbons (Fsp3) is 0.647. The summed E-state index contributed by atoms with van der Waals surface area (Å²) in [4.78, 5) is 2.47. The SMILES string of the molecule is COc1cc(CN2CCCC(C)(C)CC2)cc(OC)c1O. The van der Waals surface area contributed by atoms with Crippen molar-refractivity contribution in [2.24, 2.45) is 5.41 Å². The molecule has 1 fully saturated rings. The largest absolute Gasteiger partial charge is 0.502 e. The quantitative estimate of drug-likeness (QED) is 0.923. The fourth-order valence-corrected chi connectivity index (χ4v) is 2.93. The van der Waals surface area contributed by atoms with Crippen molar-refractivity contribution in [3.63, 3.8) is 0 Å². The Morgan fingerprint density at radius 1 is 1.10 bits per heavy atom. The minimum absolute atomic E-state index is 0.0701. The van der Waals surface area contributed by atoms with Gasteiger partial charge < -0.3 is 14.6 Å². The number of aromatic hydroxyl groups is 1. The average Bonchev–Trinajstić information content (AvgIpc) is 2.62. The molecule has 1 aliphatic heterocycles. The first kappa shape index (κ1) is 16.0. The van der Waals surface area contributed by atoms with E-state index in [4.69, 9.17) is 9.47 Å². The highest BCUT2D eigenvalue weighted by Gasteiger charge is 2.23. The van der Waals surface area contributed by atoms with Crippen LogP contribution >= 0.6 is 0 Å². The van der Waals surface area contributed by atoms with E-state index in [0.717, 1.165) is 25.2 Å². The predicted molar refractivity (Wildman–Crippen MR) is 84.1 cm³/mol. The van der Waals surface area contributed by atoms with Crippen LogP contribution in [0.5, 0.6) is 17.2 Å². The van der Waals surface area contributed by atoms with Gasteiger partial charge in [0.15, 0.2) is 11.5 Å². The smallest absolute Gasteiger partial charge is 0.200 e. The molecule has 118 valence electrons. The highest BCUT2D eigenvalue weighted by atomic mass is 16.5. The zero-order valence-electron chi connectivity index (χ0n) is 13.6. The number of methoxy groups -OCH3 is 2. The number of ether oxygens (including phenoxy) is 2. The van der Waals surface area contributed by atoms with E-state index in [9.17, 15) is 5.11 Å². The molecule has 1 heterocycles. The topological polar surface area (TPSA) is 41.9 Å². The van der Waals surface area contributed by atoms with Crippen molar-refractivity contribution in [2.75, 3.05) is 27.3 Å². The Labute approximate surface area is 127 Å². The van der Waals surface area contributed by atoms with E-state index in [0.29, 0.717) is 16.9 Å². The van der Waals surface area contributed by atoms with E-state index in [1.54, 1.807) is 14.2 Å². The van der Waals surface area contributed by atoms with Crippen molar-refractivity contribution in [1.29, 1.82) is 0 Å². The van der Waals surface area contributed by atoms with Crippen LogP contribution in [0.1, 0.15) is 38.7 Å². The summed E-state index contributed by atoms with van der Waals surface area (Å²) in [6, 6.07) is 3.79. The molecule has 0 aliphatic carbocycles. The highest BCUT2D eigenvalue weighted by Crippen LogP contribution is 2.38. The Morgan fingerprint density at radius 3 is 2.29 bits per heavy atom. The summed E-state index contributed by atoms with van der Waals surface area (Å²) < 4.78 is 10.5. The normalized spacial score (nSPS) is 19.0. The number of phenols is 1. The van der Waals surface area contributed by atoms with E-state index in [2.05, 4.69) is 18.7 Å². The molecule has 1 saturated heterocycles. The lowest BCUT2D eigenvalue weighted by Crippen LogP contribution is -2.25. The molecule has 0 radical (unpaired) electrons. The maximum absolute atomic E-state index is 9.97. The van der Waals surface area contributed by atoms with Gasteiger partial charge in [0.1, 0.15) is 0 Å². The second-order valence-electron chi connectivity index (χ2n) is 6.64. The third-order valence-electron chi connectivity index (χ3n) is 4.38. The molecule has 0 amide bonds. The summed E-state index contributed by atoms with van der Waals surface area (Å²) in [5.41, 5.74) is 1.56. The third kappa shape index (κ3) is 4.03. The van der Waals surface area contributed by atoms with Gasteiger partial charge in [-0.15, -0.1) is 0 Å². The summed E-state index contributed by atoms with van der Waals surface area (Å²) in [5.74, 6) is 1.01. The van der Waals surface area contributed by atoms with Gasteiger partial charge in [-0.1, -0.05) is 13.8 Å². The van der Waals surface area contributed by atoms with Crippen LogP contribution in [-0.4, -0.2) is 37.3 Å². The average molecular weight is 293 g/mol. The van der Waals surface area contributed by atoms with Gasteiger partial charge in [0.25, 0.3) is 0 Å². The van der Waals surface area contributed by atoms with Gasteiger partial charge in [-0.2, -0.15) is 0 Å². The van der Waals surface area contributed by atoms with Gasteiger partial charge >= 0.3 is 0 Å². The Morgan fingerprint density at radius 2 is 1.71 bits per heavy atom. The Bertz CT molecular complexity index is 460. The van der Waals surface area contributed by atoms with E-state index >= 15 is 0 Å². The second kappa shape index (κ2) is 6.56. The Kier molecular flexibility index (Phi) is 4.99. The molecule has 2 rings (SSSR count). The number of phenolic OH excluding ortho intramolecular Hbond substituents is 1. The molecular formula is C17H27NO3. The summed E-state index contributed by atoms with van der Waals surface area (Å²) in [7, 11) is 3.12. The molecule has 1 N–H and O–H groups in total. The fourth-order valence-electron chi connectivity index (χ4n) is 2.93. The van der Waals surface area contributed by atoms with Crippen LogP contribution in [-0.2, 0) is 6.54 Å². The Balaban J connectivity index is 2.12. The molecule has 1 aromatic rings. The second-order valence-corrected chi connectivity index (χ2v) is 6.64. The molecule has 1 aromatic carbocycles. The standard InChI is InChI=1S/C17H27NO3/c1-17(2)6-5-8-18(9-7-17)12-13-10-14(20-3)16(19)15(11-13)21-4/h10-11,19H,5-9,12H2,1-4H3. The van der Waals surface area contributed by atoms with Crippen molar-refractivity contribution in [3.05, 3.63) is 17.7 Å². The number of rotatable bonds is 4. The van der Waals surface area contributed by atoms with Crippen LogP contribution in [0.4, 0.5) is 0 Å². The molecule has 0 unspecified atom stereocenters. The van der Waals surface area contributed by atoms with Gasteiger partial charge in [0, 0.05) is 6.54 Å². The first-order valence-electron chi connectivity index (χ1n) is 7.61. The minimum Gasteiger partial charge on any atom is -0.502 e.